The summed E-state index contributed by atoms with van der Waals surface area (Å²) in [6.07, 6.45) is 0. The molecule has 148 valence electrons. The molecule has 0 radical (unpaired) electrons. The van der Waals surface area contributed by atoms with Gasteiger partial charge in [-0.05, 0) is 35.7 Å². The van der Waals surface area contributed by atoms with Gasteiger partial charge in [-0.15, -0.1) is 11.3 Å². The molecule has 0 bridgehead atoms. The van der Waals surface area contributed by atoms with Crippen LogP contribution in [0.1, 0.15) is 36.1 Å². The minimum Gasteiger partial charge on any atom is -0.306 e. The molecule has 2 heterocycles. The first-order chi connectivity index (χ1) is 13.7. The molecule has 2 aromatic heterocycles. The minimum absolute atomic E-state index is 0.189. The maximum absolute atomic E-state index is 13.0. The van der Waals surface area contributed by atoms with Gasteiger partial charge in [-0.1, -0.05) is 62.2 Å². The summed E-state index contributed by atoms with van der Waals surface area (Å²) >= 11 is 14.0. The first kappa shape index (κ1) is 20.0. The smallest absolute Gasteiger partial charge is 0.266 e. The van der Waals surface area contributed by atoms with Crippen LogP contribution in [0.25, 0.3) is 15.8 Å². The van der Waals surface area contributed by atoms with E-state index < -0.39 is 0 Å². The van der Waals surface area contributed by atoms with E-state index in [1.165, 1.54) is 11.3 Å². The molecule has 0 saturated heterocycles. The average Bonchev–Trinajstić information content (AvgIpc) is 3.27. The molecule has 0 saturated carbocycles. The van der Waals surface area contributed by atoms with Crippen LogP contribution in [-0.4, -0.2) is 15.7 Å². The van der Waals surface area contributed by atoms with Gasteiger partial charge < -0.3 is 5.32 Å². The molecule has 7 heteroatoms. The second-order valence-corrected chi connectivity index (χ2v) is 9.70. The number of carbonyl (C=O) groups is 1. The van der Waals surface area contributed by atoms with Gasteiger partial charge in [0, 0.05) is 21.2 Å². The highest BCUT2D eigenvalue weighted by Crippen LogP contribution is 2.32. The number of benzene rings is 2. The van der Waals surface area contributed by atoms with Gasteiger partial charge in [0.25, 0.3) is 5.91 Å². The number of nitrogens with one attached hydrogen (secondary N) is 1. The lowest BCUT2D eigenvalue weighted by Gasteiger charge is -2.14. The van der Waals surface area contributed by atoms with Gasteiger partial charge in [0.2, 0.25) is 0 Å². The van der Waals surface area contributed by atoms with Crippen LogP contribution in [0.3, 0.4) is 0 Å². The number of rotatable bonds is 3. The number of thiophene rings is 1. The van der Waals surface area contributed by atoms with Crippen LogP contribution >= 0.6 is 34.5 Å². The second-order valence-electron chi connectivity index (χ2n) is 7.77. The molecule has 0 aliphatic rings. The van der Waals surface area contributed by atoms with E-state index in [1.54, 1.807) is 22.9 Å². The van der Waals surface area contributed by atoms with Crippen molar-refractivity contribution in [2.75, 3.05) is 5.32 Å². The fraction of sp³-hybridized carbons (Fsp3) is 0.182. The summed E-state index contributed by atoms with van der Waals surface area (Å²) in [6.45, 7) is 6.20. The fourth-order valence-corrected chi connectivity index (χ4v) is 4.26. The quantitative estimate of drug-likeness (QED) is 0.372. The summed E-state index contributed by atoms with van der Waals surface area (Å²) < 4.78 is 2.71. The zero-order chi connectivity index (χ0) is 20.8. The van der Waals surface area contributed by atoms with Crippen LogP contribution < -0.4 is 5.32 Å². The van der Waals surface area contributed by atoms with E-state index in [4.69, 9.17) is 28.3 Å². The molecular weight excluding hydrogens is 425 g/mol. The first-order valence-electron chi connectivity index (χ1n) is 9.08. The molecule has 0 unspecified atom stereocenters. The van der Waals surface area contributed by atoms with Gasteiger partial charge in [0.05, 0.1) is 21.3 Å². The maximum atomic E-state index is 13.0. The van der Waals surface area contributed by atoms with Gasteiger partial charge in [-0.2, -0.15) is 5.10 Å². The van der Waals surface area contributed by atoms with Crippen LogP contribution in [0.5, 0.6) is 0 Å². The highest BCUT2D eigenvalue weighted by atomic mass is 35.5. The minimum atomic E-state index is -0.201. The summed E-state index contributed by atoms with van der Waals surface area (Å²) in [5.41, 5.74) is 1.24. The number of amides is 1. The lowest BCUT2D eigenvalue weighted by molar-refractivity contribution is 0.103. The number of hydrogen-bond donors (Lipinski definition) is 1. The lowest BCUT2D eigenvalue weighted by Crippen LogP contribution is -2.14. The van der Waals surface area contributed by atoms with Crippen molar-refractivity contribution < 1.29 is 4.79 Å². The number of anilines is 1. The number of aromatic nitrogens is 2. The zero-order valence-electron chi connectivity index (χ0n) is 16.2. The standard InChI is InChI=1S/C22H19Cl2N3OS/c1-22(2,3)19-12-20(27(26-19)16-11-14(23)8-9-15(16)24)25-21(28)18-10-13-6-4-5-7-17(13)29-18/h4-12H,1-3H3,(H,25,28). The van der Waals surface area contributed by atoms with Crippen LogP contribution in [0.2, 0.25) is 10.0 Å². The van der Waals surface area contributed by atoms with Crippen molar-refractivity contribution in [1.82, 2.24) is 9.78 Å². The van der Waals surface area contributed by atoms with Gasteiger partial charge in [-0.3, -0.25) is 4.79 Å². The molecule has 1 amide bonds. The summed E-state index contributed by atoms with van der Waals surface area (Å²) in [5.74, 6) is 0.354. The van der Waals surface area contributed by atoms with Crippen LogP contribution in [-0.2, 0) is 5.41 Å². The van der Waals surface area contributed by atoms with E-state index in [1.807, 2.05) is 36.4 Å². The molecule has 0 atom stereocenters. The Kier molecular flexibility index (Phi) is 5.15. The number of hydrogen-bond acceptors (Lipinski definition) is 3. The Bertz CT molecular complexity index is 1190. The zero-order valence-corrected chi connectivity index (χ0v) is 18.5. The summed E-state index contributed by atoms with van der Waals surface area (Å²) in [7, 11) is 0. The SMILES string of the molecule is CC(C)(C)c1cc(NC(=O)c2cc3ccccc3s2)n(-c2cc(Cl)ccc2Cl)n1. The molecule has 0 fully saturated rings. The third-order valence-electron chi connectivity index (χ3n) is 4.51. The van der Waals surface area contributed by atoms with Crippen molar-refractivity contribution in [3.8, 4) is 5.69 Å². The highest BCUT2D eigenvalue weighted by molar-refractivity contribution is 7.20. The number of halogens is 2. The van der Waals surface area contributed by atoms with Gasteiger partial charge in [0.1, 0.15) is 5.82 Å². The normalized spacial score (nSPS) is 11.8. The second kappa shape index (κ2) is 7.48. The van der Waals surface area contributed by atoms with E-state index in [9.17, 15) is 4.79 Å². The molecule has 0 spiro atoms. The average molecular weight is 444 g/mol. The Balaban J connectivity index is 1.76. The summed E-state index contributed by atoms with van der Waals surface area (Å²) in [4.78, 5) is 13.6. The van der Waals surface area contributed by atoms with Crippen molar-refractivity contribution in [2.24, 2.45) is 0 Å². The molecule has 4 rings (SSSR count). The number of fused-ring (bicyclic) bond motifs is 1. The molecule has 0 aliphatic heterocycles. The molecule has 1 N–H and O–H groups in total. The molecule has 4 aromatic rings. The van der Waals surface area contributed by atoms with Crippen LogP contribution in [0.15, 0.2) is 54.6 Å². The van der Waals surface area contributed by atoms with Gasteiger partial charge in [0.15, 0.2) is 0 Å². The van der Waals surface area contributed by atoms with Gasteiger partial charge in [-0.25, -0.2) is 4.68 Å². The van der Waals surface area contributed by atoms with Crippen LogP contribution in [0.4, 0.5) is 5.82 Å². The molecule has 2 aromatic carbocycles. The third kappa shape index (κ3) is 4.04. The summed E-state index contributed by atoms with van der Waals surface area (Å²) in [5, 5.41) is 9.78. The maximum Gasteiger partial charge on any atom is 0.266 e. The summed E-state index contributed by atoms with van der Waals surface area (Å²) in [6, 6.07) is 16.9. The van der Waals surface area contributed by atoms with E-state index in [2.05, 4.69) is 26.1 Å². The Labute approximate surface area is 183 Å². The Morgan fingerprint density at radius 1 is 1.07 bits per heavy atom. The highest BCUT2D eigenvalue weighted by Gasteiger charge is 2.23. The fourth-order valence-electron chi connectivity index (χ4n) is 2.94. The van der Waals surface area contributed by atoms with Crippen LogP contribution in [0, 0.1) is 0 Å². The van der Waals surface area contributed by atoms with Gasteiger partial charge >= 0.3 is 0 Å². The largest absolute Gasteiger partial charge is 0.306 e. The first-order valence-corrected chi connectivity index (χ1v) is 10.7. The Morgan fingerprint density at radius 3 is 2.55 bits per heavy atom. The molecular formula is C22H19Cl2N3OS. The van der Waals surface area contributed by atoms with Crippen molar-refractivity contribution in [3.05, 3.63) is 75.2 Å². The molecule has 4 nitrogen and oxygen atoms in total. The van der Waals surface area contributed by atoms with E-state index in [0.29, 0.717) is 26.4 Å². The molecule has 0 aliphatic carbocycles. The predicted octanol–water partition coefficient (Wildman–Crippen LogP) is 6.94. The topological polar surface area (TPSA) is 46.9 Å². The number of carbonyl (C=O) groups excluding carboxylic acids is 1. The van der Waals surface area contributed by atoms with E-state index in [-0.39, 0.29) is 11.3 Å². The van der Waals surface area contributed by atoms with Crippen molar-refractivity contribution in [3.63, 3.8) is 0 Å². The monoisotopic (exact) mass is 443 g/mol. The third-order valence-corrected chi connectivity index (χ3v) is 6.17. The van der Waals surface area contributed by atoms with Crippen molar-refractivity contribution in [1.29, 1.82) is 0 Å². The lowest BCUT2D eigenvalue weighted by atomic mass is 9.92. The molecule has 29 heavy (non-hydrogen) atoms. The number of nitrogens with zero attached hydrogens (tertiary/aromatic N) is 2. The van der Waals surface area contributed by atoms with E-state index >= 15 is 0 Å². The Hall–Kier alpha value is -2.34. The van der Waals surface area contributed by atoms with Crippen molar-refractivity contribution >= 4 is 56.3 Å². The van der Waals surface area contributed by atoms with Crippen molar-refractivity contribution in [2.45, 2.75) is 26.2 Å². The predicted molar refractivity (Wildman–Crippen MR) is 122 cm³/mol. The van der Waals surface area contributed by atoms with E-state index in [0.717, 1.165) is 15.8 Å². The Morgan fingerprint density at radius 2 is 1.83 bits per heavy atom.